The summed E-state index contributed by atoms with van der Waals surface area (Å²) in [5, 5.41) is 6.54. The van der Waals surface area contributed by atoms with Gasteiger partial charge >= 0.3 is 0 Å². The lowest BCUT2D eigenvalue weighted by Gasteiger charge is -2.23. The van der Waals surface area contributed by atoms with Crippen LogP contribution in [-0.4, -0.2) is 13.7 Å². The van der Waals surface area contributed by atoms with E-state index >= 15 is 0 Å². The van der Waals surface area contributed by atoms with Crippen LogP contribution in [0.1, 0.15) is 49.0 Å². The molecule has 1 aliphatic carbocycles. The number of aryl methyl sites for hydroxylation is 1. The summed E-state index contributed by atoms with van der Waals surface area (Å²) in [7, 11) is 0. The summed E-state index contributed by atoms with van der Waals surface area (Å²) in [6.07, 6.45) is 10.6. The summed E-state index contributed by atoms with van der Waals surface area (Å²) in [4.78, 5) is 0. The molecule has 0 aliphatic heterocycles. The van der Waals surface area contributed by atoms with Crippen molar-refractivity contribution in [3.05, 3.63) is 162 Å². The predicted octanol–water partition coefficient (Wildman–Crippen LogP) is 12.4. The van der Waals surface area contributed by atoms with Gasteiger partial charge in [-0.1, -0.05) is 111 Å². The minimum absolute atomic E-state index is 0.198. The largest absolute Gasteiger partial charge is 0.333 e. The molecule has 3 nitrogen and oxygen atoms in total. The first-order chi connectivity index (χ1) is 24.8. The van der Waals surface area contributed by atoms with E-state index in [0.717, 1.165) is 12.8 Å². The molecule has 10 rings (SSSR count). The van der Waals surface area contributed by atoms with Crippen molar-refractivity contribution in [2.24, 2.45) is 0 Å². The van der Waals surface area contributed by atoms with Crippen molar-refractivity contribution in [2.45, 2.75) is 45.1 Å². The highest BCUT2D eigenvalue weighted by Gasteiger charge is 2.26. The van der Waals surface area contributed by atoms with Crippen LogP contribution in [0.25, 0.3) is 72.0 Å². The molecule has 3 aromatic heterocycles. The van der Waals surface area contributed by atoms with E-state index in [-0.39, 0.29) is 6.04 Å². The fourth-order valence-electron chi connectivity index (χ4n) is 8.77. The smallest absolute Gasteiger partial charge is 0.0567 e. The molecule has 6 aromatic carbocycles. The van der Waals surface area contributed by atoms with E-state index in [4.69, 9.17) is 0 Å². The van der Waals surface area contributed by atoms with Gasteiger partial charge in [-0.05, 0) is 91.1 Å². The molecule has 242 valence electrons. The molecule has 0 saturated carbocycles. The molecular weight excluding hydrogens is 607 g/mol. The summed E-state index contributed by atoms with van der Waals surface area (Å²) in [6, 6.07) is 52.0. The van der Waals surface area contributed by atoms with Crippen molar-refractivity contribution >= 4 is 60.6 Å². The molecule has 1 atom stereocenters. The normalized spacial score (nSPS) is 14.5. The van der Waals surface area contributed by atoms with Crippen molar-refractivity contribution in [2.75, 3.05) is 0 Å². The predicted molar refractivity (Wildman–Crippen MR) is 212 cm³/mol. The fraction of sp³-hybridized carbons (Fsp3) is 0.149. The Hall–Kier alpha value is -5.80. The Kier molecular flexibility index (Phi) is 6.80. The van der Waals surface area contributed by atoms with Crippen molar-refractivity contribution in [3.63, 3.8) is 0 Å². The molecule has 50 heavy (non-hydrogen) atoms. The molecule has 1 unspecified atom stereocenters. The van der Waals surface area contributed by atoms with Crippen LogP contribution in [0.5, 0.6) is 0 Å². The highest BCUT2D eigenvalue weighted by atomic mass is 15.0. The van der Waals surface area contributed by atoms with E-state index in [2.05, 4.69) is 172 Å². The van der Waals surface area contributed by atoms with Crippen LogP contribution < -0.4 is 0 Å². The Labute approximate surface area is 292 Å². The van der Waals surface area contributed by atoms with Crippen molar-refractivity contribution in [1.29, 1.82) is 0 Å². The zero-order valence-corrected chi connectivity index (χ0v) is 28.4. The number of benzene rings is 6. The summed E-state index contributed by atoms with van der Waals surface area (Å²) in [6.45, 7) is 2.28. The van der Waals surface area contributed by atoms with Gasteiger partial charge in [0.05, 0.1) is 22.6 Å². The molecule has 1 aliphatic rings. The second-order valence-electron chi connectivity index (χ2n) is 13.9. The molecule has 0 amide bonds. The van der Waals surface area contributed by atoms with Gasteiger partial charge in [-0.3, -0.25) is 0 Å². The Balaban J connectivity index is 1.20. The number of fused-ring (bicyclic) bond motifs is 9. The van der Waals surface area contributed by atoms with Crippen molar-refractivity contribution in [1.82, 2.24) is 13.7 Å². The average molecular weight is 646 g/mol. The molecule has 9 aromatic rings. The van der Waals surface area contributed by atoms with Crippen LogP contribution in [0.4, 0.5) is 0 Å². The number of para-hydroxylation sites is 4. The summed E-state index contributed by atoms with van der Waals surface area (Å²) >= 11 is 0. The quantitative estimate of drug-likeness (QED) is 0.153. The summed E-state index contributed by atoms with van der Waals surface area (Å²) < 4.78 is 7.53. The SMILES string of the molecule is CCCCCc1cccc(-n2c3c(c4cc(-n5c6ccccc6c6ccccc65)ccc42)CC(n2c4ccccc4c4ccccc42)C=C3)c1. The van der Waals surface area contributed by atoms with Crippen LogP contribution in [0, 0.1) is 0 Å². The number of hydrogen-bond acceptors (Lipinski definition) is 0. The average Bonchev–Trinajstić information content (AvgIpc) is 3.80. The summed E-state index contributed by atoms with van der Waals surface area (Å²) in [5.41, 5.74) is 12.9. The maximum absolute atomic E-state index is 2.57. The maximum Gasteiger partial charge on any atom is 0.0567 e. The lowest BCUT2D eigenvalue weighted by Crippen LogP contribution is -2.13. The monoisotopic (exact) mass is 645 g/mol. The standard InChI is InChI=1S/C47H39N3/c1-2-3-4-14-32-15-13-16-33(29-32)48-46-27-25-34(49-42-21-9-5-17-36(42)37-18-6-10-22-43(37)49)30-40(46)41-31-35(26-28-47(41)48)50-44-23-11-7-19-38(44)39-20-8-12-24-45(39)50/h5-13,15-30,35H,2-4,14,31H2,1H3. The minimum Gasteiger partial charge on any atom is -0.333 e. The first kappa shape index (κ1) is 29.1. The first-order valence-corrected chi connectivity index (χ1v) is 18.2. The second-order valence-corrected chi connectivity index (χ2v) is 13.9. The topological polar surface area (TPSA) is 14.8 Å². The third-order valence-electron chi connectivity index (χ3n) is 11.0. The van der Waals surface area contributed by atoms with E-state index in [9.17, 15) is 0 Å². The molecule has 0 N–H and O–H groups in total. The Morgan fingerprint density at radius 2 is 1.10 bits per heavy atom. The Bertz CT molecular complexity index is 2660. The van der Waals surface area contributed by atoms with Crippen LogP contribution in [0.2, 0.25) is 0 Å². The molecule has 0 radical (unpaired) electrons. The van der Waals surface area contributed by atoms with Gasteiger partial charge in [-0.2, -0.15) is 0 Å². The van der Waals surface area contributed by atoms with Gasteiger partial charge in [0.2, 0.25) is 0 Å². The summed E-state index contributed by atoms with van der Waals surface area (Å²) in [5.74, 6) is 0. The number of rotatable bonds is 7. The molecule has 0 fully saturated rings. The van der Waals surface area contributed by atoms with Gasteiger partial charge in [0.1, 0.15) is 0 Å². The highest BCUT2D eigenvalue weighted by Crippen LogP contribution is 2.42. The van der Waals surface area contributed by atoms with E-state index in [1.807, 2.05) is 0 Å². The molecule has 0 saturated heterocycles. The van der Waals surface area contributed by atoms with Gasteiger partial charge in [0, 0.05) is 55.0 Å². The molecular formula is C47H39N3. The lowest BCUT2D eigenvalue weighted by molar-refractivity contribution is 0.636. The van der Waals surface area contributed by atoms with Crippen LogP contribution >= 0.6 is 0 Å². The van der Waals surface area contributed by atoms with Gasteiger partial charge in [-0.25, -0.2) is 0 Å². The first-order valence-electron chi connectivity index (χ1n) is 18.2. The molecule has 0 bridgehead atoms. The molecule has 3 heteroatoms. The third-order valence-corrected chi connectivity index (χ3v) is 11.0. The molecule has 3 heterocycles. The highest BCUT2D eigenvalue weighted by molar-refractivity contribution is 6.10. The minimum atomic E-state index is 0.198. The third kappa shape index (κ3) is 4.43. The van der Waals surface area contributed by atoms with Crippen molar-refractivity contribution < 1.29 is 0 Å². The van der Waals surface area contributed by atoms with E-state index in [1.54, 1.807) is 0 Å². The maximum atomic E-state index is 2.57. The van der Waals surface area contributed by atoms with Gasteiger partial charge < -0.3 is 13.7 Å². The van der Waals surface area contributed by atoms with E-state index in [0.29, 0.717) is 0 Å². The zero-order valence-electron chi connectivity index (χ0n) is 28.4. The number of aromatic nitrogens is 3. The van der Waals surface area contributed by atoms with Gasteiger partial charge in [-0.15, -0.1) is 0 Å². The van der Waals surface area contributed by atoms with Crippen LogP contribution in [0.3, 0.4) is 0 Å². The fourth-order valence-corrected chi connectivity index (χ4v) is 8.77. The number of nitrogens with zero attached hydrogens (tertiary/aromatic N) is 3. The van der Waals surface area contributed by atoms with E-state index < -0.39 is 0 Å². The van der Waals surface area contributed by atoms with Crippen molar-refractivity contribution in [3.8, 4) is 11.4 Å². The number of allylic oxidation sites excluding steroid dienone is 1. The van der Waals surface area contributed by atoms with E-state index in [1.165, 1.54) is 102 Å². The Morgan fingerprint density at radius 3 is 1.76 bits per heavy atom. The van der Waals surface area contributed by atoms with Gasteiger partial charge in [0.15, 0.2) is 0 Å². The number of unbranched alkanes of at least 4 members (excludes halogenated alkanes) is 2. The molecule has 0 spiro atoms. The van der Waals surface area contributed by atoms with Crippen LogP contribution in [0.15, 0.2) is 146 Å². The zero-order chi connectivity index (χ0) is 33.2. The lowest BCUT2D eigenvalue weighted by atomic mass is 9.96. The van der Waals surface area contributed by atoms with Crippen LogP contribution in [-0.2, 0) is 12.8 Å². The number of hydrogen-bond donors (Lipinski definition) is 0. The van der Waals surface area contributed by atoms with Gasteiger partial charge in [0.25, 0.3) is 0 Å². The second kappa shape index (κ2) is 11.7. The Morgan fingerprint density at radius 1 is 0.520 bits per heavy atom.